The number of rotatable bonds is 6. The van der Waals surface area contributed by atoms with Gasteiger partial charge in [0.25, 0.3) is 5.56 Å². The van der Waals surface area contributed by atoms with Crippen LogP contribution in [0.5, 0.6) is 0 Å². The molecule has 4 heteroatoms. The van der Waals surface area contributed by atoms with Crippen LogP contribution in [0.2, 0.25) is 0 Å². The fraction of sp³-hybridized carbons (Fsp3) is 0.263. The maximum atomic E-state index is 12.5. The summed E-state index contributed by atoms with van der Waals surface area (Å²) in [6.07, 6.45) is 2.12. The molecule has 3 aromatic rings. The summed E-state index contributed by atoms with van der Waals surface area (Å²) in [7, 11) is 0. The number of aromatic nitrogens is 2. The summed E-state index contributed by atoms with van der Waals surface area (Å²) in [4.78, 5) is 17.2. The first-order valence-electron chi connectivity index (χ1n) is 7.96. The van der Waals surface area contributed by atoms with Crippen LogP contribution in [0, 0.1) is 0 Å². The van der Waals surface area contributed by atoms with Crippen molar-refractivity contribution in [2.24, 2.45) is 0 Å². The van der Waals surface area contributed by atoms with Crippen LogP contribution in [0.4, 0.5) is 0 Å². The number of hydrogen-bond acceptors (Lipinski definition) is 3. The van der Waals surface area contributed by atoms with Crippen molar-refractivity contribution >= 4 is 22.7 Å². The summed E-state index contributed by atoms with van der Waals surface area (Å²) in [5.41, 5.74) is 2.20. The second-order valence-electron chi connectivity index (χ2n) is 5.40. The Kier molecular flexibility index (Phi) is 5.13. The Morgan fingerprint density at radius 3 is 2.57 bits per heavy atom. The maximum Gasteiger partial charge on any atom is 0.262 e. The fourth-order valence-corrected chi connectivity index (χ4v) is 3.62. The highest BCUT2D eigenvalue weighted by atomic mass is 32.2. The van der Waals surface area contributed by atoms with Crippen LogP contribution in [0.25, 0.3) is 10.9 Å². The molecule has 0 N–H and O–H groups in total. The molecule has 3 rings (SSSR count). The summed E-state index contributed by atoms with van der Waals surface area (Å²) < 4.78 is 1.77. The highest BCUT2D eigenvalue weighted by Gasteiger charge is 2.09. The average molecular weight is 324 g/mol. The van der Waals surface area contributed by atoms with Crippen molar-refractivity contribution in [3.05, 3.63) is 70.5 Å². The molecule has 23 heavy (non-hydrogen) atoms. The summed E-state index contributed by atoms with van der Waals surface area (Å²) in [5.74, 6) is 0.958. The third-order valence-electron chi connectivity index (χ3n) is 3.83. The molecule has 2 aromatic carbocycles. The smallest absolute Gasteiger partial charge is 0.262 e. The number of thioether (sulfide) groups is 1. The van der Waals surface area contributed by atoms with E-state index in [0.717, 1.165) is 29.3 Å². The predicted molar refractivity (Wildman–Crippen MR) is 97.2 cm³/mol. The van der Waals surface area contributed by atoms with E-state index in [1.165, 1.54) is 5.56 Å². The minimum absolute atomic E-state index is 0.0589. The maximum absolute atomic E-state index is 12.5. The molecule has 0 radical (unpaired) electrons. The van der Waals surface area contributed by atoms with Crippen molar-refractivity contribution in [3.8, 4) is 0 Å². The summed E-state index contributed by atoms with van der Waals surface area (Å²) in [5, 5.41) is 1.52. The number of aryl methyl sites for hydroxylation is 1. The van der Waals surface area contributed by atoms with Crippen LogP contribution in [-0.4, -0.2) is 15.3 Å². The molecule has 0 aliphatic carbocycles. The van der Waals surface area contributed by atoms with E-state index in [1.807, 2.05) is 37.3 Å². The third kappa shape index (κ3) is 3.64. The lowest BCUT2D eigenvalue weighted by atomic mass is 10.1. The van der Waals surface area contributed by atoms with Gasteiger partial charge < -0.3 is 0 Å². The van der Waals surface area contributed by atoms with Crippen molar-refractivity contribution in [1.82, 2.24) is 9.55 Å². The number of benzene rings is 2. The normalized spacial score (nSPS) is 11.0. The van der Waals surface area contributed by atoms with Gasteiger partial charge in [-0.25, -0.2) is 4.98 Å². The zero-order chi connectivity index (χ0) is 16.1. The SMILES string of the molecule is CCn1c(SCCCc2ccccc2)nc2ccccc2c1=O. The highest BCUT2D eigenvalue weighted by molar-refractivity contribution is 7.99. The second-order valence-corrected chi connectivity index (χ2v) is 6.46. The van der Waals surface area contributed by atoms with Gasteiger partial charge in [-0.05, 0) is 37.5 Å². The first kappa shape index (κ1) is 15.8. The van der Waals surface area contributed by atoms with Crippen molar-refractivity contribution in [1.29, 1.82) is 0 Å². The molecule has 0 fully saturated rings. The van der Waals surface area contributed by atoms with Gasteiger partial charge in [0.05, 0.1) is 10.9 Å². The Morgan fingerprint density at radius 1 is 1.04 bits per heavy atom. The lowest BCUT2D eigenvalue weighted by Gasteiger charge is -2.11. The number of hydrogen-bond donors (Lipinski definition) is 0. The molecule has 0 unspecified atom stereocenters. The van der Waals surface area contributed by atoms with Gasteiger partial charge >= 0.3 is 0 Å². The Morgan fingerprint density at radius 2 is 1.78 bits per heavy atom. The molecule has 118 valence electrons. The van der Waals surface area contributed by atoms with Crippen LogP contribution in [0.3, 0.4) is 0 Å². The van der Waals surface area contributed by atoms with Gasteiger partial charge in [-0.3, -0.25) is 9.36 Å². The van der Waals surface area contributed by atoms with Crippen LogP contribution in [-0.2, 0) is 13.0 Å². The van der Waals surface area contributed by atoms with E-state index in [1.54, 1.807) is 16.3 Å². The number of para-hydroxylation sites is 1. The van der Waals surface area contributed by atoms with E-state index in [-0.39, 0.29) is 5.56 Å². The van der Waals surface area contributed by atoms with Gasteiger partial charge in [0, 0.05) is 12.3 Å². The Bertz CT molecular complexity index is 843. The van der Waals surface area contributed by atoms with Gasteiger partial charge in [-0.1, -0.05) is 54.2 Å². The Balaban J connectivity index is 1.73. The van der Waals surface area contributed by atoms with Crippen LogP contribution in [0.15, 0.2) is 64.5 Å². The first-order valence-corrected chi connectivity index (χ1v) is 8.94. The molecule has 0 saturated carbocycles. The molecule has 0 saturated heterocycles. The van der Waals surface area contributed by atoms with Crippen molar-refractivity contribution in [2.45, 2.75) is 31.5 Å². The minimum Gasteiger partial charge on any atom is -0.287 e. The van der Waals surface area contributed by atoms with E-state index in [2.05, 4.69) is 29.2 Å². The number of nitrogens with zero attached hydrogens (tertiary/aromatic N) is 2. The van der Waals surface area contributed by atoms with E-state index in [0.29, 0.717) is 11.9 Å². The lowest BCUT2D eigenvalue weighted by Crippen LogP contribution is -2.22. The fourth-order valence-electron chi connectivity index (χ4n) is 2.62. The molecule has 0 amide bonds. The minimum atomic E-state index is 0.0589. The van der Waals surface area contributed by atoms with Gasteiger partial charge in [0.2, 0.25) is 0 Å². The molecule has 3 nitrogen and oxygen atoms in total. The molecule has 0 aliphatic rings. The molecule has 0 spiro atoms. The highest BCUT2D eigenvalue weighted by Crippen LogP contribution is 2.19. The van der Waals surface area contributed by atoms with E-state index in [4.69, 9.17) is 0 Å². The Labute approximate surface area is 140 Å². The van der Waals surface area contributed by atoms with Crippen LogP contribution < -0.4 is 5.56 Å². The first-order chi connectivity index (χ1) is 11.3. The lowest BCUT2D eigenvalue weighted by molar-refractivity contribution is 0.634. The van der Waals surface area contributed by atoms with Crippen molar-refractivity contribution < 1.29 is 0 Å². The molecule has 0 atom stereocenters. The monoisotopic (exact) mass is 324 g/mol. The summed E-state index contributed by atoms with van der Waals surface area (Å²) in [6.45, 7) is 2.64. The molecular weight excluding hydrogens is 304 g/mol. The van der Waals surface area contributed by atoms with E-state index < -0.39 is 0 Å². The molecule has 0 bridgehead atoms. The van der Waals surface area contributed by atoms with Gasteiger partial charge in [0.1, 0.15) is 0 Å². The zero-order valence-electron chi connectivity index (χ0n) is 13.2. The standard InChI is InChI=1S/C19H20N2OS/c1-2-21-18(22)16-12-6-7-13-17(16)20-19(21)23-14-8-11-15-9-4-3-5-10-15/h3-7,9-10,12-13H,2,8,11,14H2,1H3. The van der Waals surface area contributed by atoms with Crippen LogP contribution in [0.1, 0.15) is 18.9 Å². The van der Waals surface area contributed by atoms with Crippen molar-refractivity contribution in [3.63, 3.8) is 0 Å². The van der Waals surface area contributed by atoms with Gasteiger partial charge in [-0.2, -0.15) is 0 Å². The quantitative estimate of drug-likeness (QED) is 0.388. The second kappa shape index (κ2) is 7.47. The predicted octanol–water partition coefficient (Wildman–Crippen LogP) is 4.14. The van der Waals surface area contributed by atoms with Gasteiger partial charge in [-0.15, -0.1) is 0 Å². The third-order valence-corrected chi connectivity index (χ3v) is 4.89. The topological polar surface area (TPSA) is 34.9 Å². The molecular formula is C19H20N2OS. The number of fused-ring (bicyclic) bond motifs is 1. The van der Waals surface area contributed by atoms with Gasteiger partial charge in [0.15, 0.2) is 5.16 Å². The van der Waals surface area contributed by atoms with Crippen LogP contribution >= 0.6 is 11.8 Å². The average Bonchev–Trinajstić information content (AvgIpc) is 2.60. The summed E-state index contributed by atoms with van der Waals surface area (Å²) >= 11 is 1.67. The summed E-state index contributed by atoms with van der Waals surface area (Å²) in [6, 6.07) is 18.1. The molecule has 1 heterocycles. The Hall–Kier alpha value is -2.07. The largest absolute Gasteiger partial charge is 0.287 e. The zero-order valence-corrected chi connectivity index (χ0v) is 14.1. The van der Waals surface area contributed by atoms with E-state index in [9.17, 15) is 4.79 Å². The molecule has 1 aromatic heterocycles. The van der Waals surface area contributed by atoms with Crippen molar-refractivity contribution in [2.75, 3.05) is 5.75 Å². The van der Waals surface area contributed by atoms with E-state index >= 15 is 0 Å². The molecule has 0 aliphatic heterocycles.